The van der Waals surface area contributed by atoms with Gasteiger partial charge in [-0.3, -0.25) is 12.2 Å². The average molecular weight is 589 g/mol. The van der Waals surface area contributed by atoms with E-state index in [1.165, 1.54) is 11.1 Å². The third kappa shape index (κ3) is 17.6. The monoisotopic (exact) mass is 587 g/mol. The molecule has 0 amide bonds. The first kappa shape index (κ1) is 35.5. The minimum absolute atomic E-state index is 0. The Hall–Kier alpha value is -1.46. The van der Waals surface area contributed by atoms with Crippen LogP contribution in [-0.4, -0.2) is 39.8 Å². The molecular formula is C31H45O5Zr. The van der Waals surface area contributed by atoms with Crippen LogP contribution >= 0.6 is 0 Å². The van der Waals surface area contributed by atoms with Gasteiger partial charge in [0.1, 0.15) is 0 Å². The Balaban J connectivity index is 0.000000815. The fraction of sp³-hybridized carbons (Fsp3) is 0.516. The van der Waals surface area contributed by atoms with Crippen molar-refractivity contribution in [2.45, 2.75) is 65.9 Å². The second-order valence-electron chi connectivity index (χ2n) is 7.86. The molecule has 203 valence electrons. The van der Waals surface area contributed by atoms with Gasteiger partial charge in [0.05, 0.1) is 33.0 Å². The van der Waals surface area contributed by atoms with Crippen LogP contribution in [0.5, 0.6) is 11.5 Å². The van der Waals surface area contributed by atoms with Crippen molar-refractivity contribution < 1.29 is 49.9 Å². The molecule has 0 N–H and O–H groups in total. The Labute approximate surface area is 245 Å². The smallest absolute Gasteiger partial charge is 0.454 e. The molecule has 0 atom stereocenters. The van der Waals surface area contributed by atoms with E-state index in [0.29, 0.717) is 39.8 Å². The number of hydrogen-bond donors (Lipinski definition) is 0. The normalized spacial score (nSPS) is 13.2. The first-order chi connectivity index (χ1) is 17.8. The summed E-state index contributed by atoms with van der Waals surface area (Å²) in [7, 11) is 0. The van der Waals surface area contributed by atoms with Crippen molar-refractivity contribution in [3.8, 4) is 11.5 Å². The Bertz CT molecular complexity index is 744. The molecule has 1 heterocycles. The first-order valence-electron chi connectivity index (χ1n) is 13.1. The molecule has 5 nitrogen and oxygen atoms in total. The van der Waals surface area contributed by atoms with Gasteiger partial charge in [0.15, 0.2) is 11.5 Å². The topological polar surface area (TPSA) is 46.2 Å². The van der Waals surface area contributed by atoms with E-state index in [-0.39, 0.29) is 26.2 Å². The van der Waals surface area contributed by atoms with Gasteiger partial charge in [-0.1, -0.05) is 26.7 Å². The quantitative estimate of drug-likeness (QED) is 0.181. The van der Waals surface area contributed by atoms with Crippen LogP contribution in [0, 0.1) is 19.1 Å². The zero-order chi connectivity index (χ0) is 26.1. The molecule has 2 aliphatic carbocycles. The maximum absolute atomic E-state index is 5.75. The zero-order valence-electron chi connectivity index (χ0n) is 23.1. The summed E-state index contributed by atoms with van der Waals surface area (Å²) in [5.74, 6) is 1.66. The molecule has 3 aliphatic rings. The van der Waals surface area contributed by atoms with Crippen LogP contribution in [0.15, 0.2) is 48.6 Å². The number of fused-ring (bicyclic) bond motifs is 1. The number of rotatable bonds is 13. The number of aryl methyl sites for hydroxylation is 1. The van der Waals surface area contributed by atoms with Crippen molar-refractivity contribution >= 4 is 0 Å². The Kier molecular flexibility index (Phi) is 25.1. The van der Waals surface area contributed by atoms with Gasteiger partial charge in [-0.05, 0) is 36.1 Å². The summed E-state index contributed by atoms with van der Waals surface area (Å²) in [6, 6.07) is 4.12. The average Bonchev–Trinajstić information content (AvgIpc) is 3.72. The van der Waals surface area contributed by atoms with Crippen molar-refractivity contribution in [2.24, 2.45) is 0 Å². The fourth-order valence-electron chi connectivity index (χ4n) is 3.21. The van der Waals surface area contributed by atoms with Gasteiger partial charge in [0, 0.05) is 6.61 Å². The van der Waals surface area contributed by atoms with E-state index in [1.807, 2.05) is 30.4 Å². The molecule has 1 aromatic rings. The molecule has 4 rings (SSSR count). The van der Waals surface area contributed by atoms with E-state index in [2.05, 4.69) is 51.1 Å². The number of ether oxygens (including phenoxy) is 5. The number of hydrogen-bond acceptors (Lipinski definition) is 5. The number of unbranched alkanes of at least 4 members (excludes halogenated alkanes) is 1. The van der Waals surface area contributed by atoms with Gasteiger partial charge in [0.2, 0.25) is 6.79 Å². The van der Waals surface area contributed by atoms with E-state index in [4.69, 9.17) is 23.7 Å². The third-order valence-corrected chi connectivity index (χ3v) is 5.03. The predicted octanol–water partition coefficient (Wildman–Crippen LogP) is 7.17. The minimum atomic E-state index is 0. The van der Waals surface area contributed by atoms with Crippen LogP contribution in [0.4, 0.5) is 0 Å². The SMILES string of the molecule is CCCCOCCOCCOCc1cc2c(cc1CCC)OCO2.[C-]1=CC=CC1.[C-]1=CC=CC1.[CH2-]C.[Zr+3]. The van der Waals surface area contributed by atoms with Crippen molar-refractivity contribution in [1.29, 1.82) is 0 Å². The molecule has 0 saturated heterocycles. The summed E-state index contributed by atoms with van der Waals surface area (Å²) in [6.07, 6.45) is 24.4. The number of benzene rings is 1. The summed E-state index contributed by atoms with van der Waals surface area (Å²) in [5.41, 5.74) is 2.44. The van der Waals surface area contributed by atoms with Gasteiger partial charge in [-0.2, -0.15) is 19.1 Å². The van der Waals surface area contributed by atoms with Gasteiger partial charge < -0.3 is 30.6 Å². The van der Waals surface area contributed by atoms with E-state index < -0.39 is 0 Å². The van der Waals surface area contributed by atoms with E-state index in [1.54, 1.807) is 6.92 Å². The molecule has 6 heteroatoms. The first-order valence-corrected chi connectivity index (χ1v) is 13.1. The van der Waals surface area contributed by atoms with Gasteiger partial charge in [0.25, 0.3) is 0 Å². The Morgan fingerprint density at radius 3 is 1.76 bits per heavy atom. The van der Waals surface area contributed by atoms with E-state index in [0.717, 1.165) is 56.6 Å². The standard InChI is InChI=1S/C19H30O5.2C5H5.C2H5.Zr/c1-3-5-7-20-8-9-21-10-11-22-14-17-13-19-18(23-15-24-19)12-16(17)6-4-2;2*1-2-4-5-3-1;1-2;/h12-13H,3-11,14-15H2,1-2H3;2*1-3H,4H2;1H2,2H3;/q;3*-1;+3. The minimum Gasteiger partial charge on any atom is -0.454 e. The van der Waals surface area contributed by atoms with Crippen molar-refractivity contribution in [3.05, 3.63) is 78.8 Å². The van der Waals surface area contributed by atoms with Crippen LogP contribution in [0.1, 0.15) is 64.0 Å². The molecule has 0 fully saturated rings. The summed E-state index contributed by atoms with van der Waals surface area (Å²) >= 11 is 0. The second kappa shape index (κ2) is 26.2. The largest absolute Gasteiger partial charge is 3.00 e. The van der Waals surface area contributed by atoms with Crippen molar-refractivity contribution in [2.75, 3.05) is 39.8 Å². The van der Waals surface area contributed by atoms with E-state index in [9.17, 15) is 0 Å². The zero-order valence-corrected chi connectivity index (χ0v) is 25.5. The van der Waals surface area contributed by atoms with Gasteiger partial charge in [-0.25, -0.2) is 24.3 Å². The third-order valence-electron chi connectivity index (χ3n) is 5.03. The van der Waals surface area contributed by atoms with Crippen molar-refractivity contribution in [3.63, 3.8) is 0 Å². The molecule has 0 saturated carbocycles. The second-order valence-corrected chi connectivity index (χ2v) is 7.86. The van der Waals surface area contributed by atoms with Crippen molar-refractivity contribution in [1.82, 2.24) is 0 Å². The molecular weight excluding hydrogens is 544 g/mol. The van der Waals surface area contributed by atoms with Crippen LogP contribution < -0.4 is 9.47 Å². The molecule has 1 aromatic carbocycles. The molecule has 0 bridgehead atoms. The van der Waals surface area contributed by atoms with E-state index >= 15 is 0 Å². The Morgan fingerprint density at radius 2 is 1.30 bits per heavy atom. The number of allylic oxidation sites excluding steroid dienone is 8. The molecule has 1 radical (unpaired) electrons. The molecule has 0 spiro atoms. The van der Waals surface area contributed by atoms with Crippen LogP contribution in [-0.2, 0) is 53.4 Å². The predicted molar refractivity (Wildman–Crippen MR) is 147 cm³/mol. The maximum atomic E-state index is 5.75. The maximum Gasteiger partial charge on any atom is 3.00 e. The van der Waals surface area contributed by atoms with Gasteiger partial charge >= 0.3 is 26.2 Å². The van der Waals surface area contributed by atoms with Gasteiger partial charge in [-0.15, -0.1) is 12.8 Å². The van der Waals surface area contributed by atoms with Crippen LogP contribution in [0.25, 0.3) is 0 Å². The molecule has 37 heavy (non-hydrogen) atoms. The summed E-state index contributed by atoms with van der Waals surface area (Å²) in [6.45, 7) is 13.5. The molecule has 0 aromatic heterocycles. The summed E-state index contributed by atoms with van der Waals surface area (Å²) < 4.78 is 27.6. The van der Waals surface area contributed by atoms with Crippen LogP contribution in [0.2, 0.25) is 0 Å². The molecule has 1 aliphatic heterocycles. The molecule has 0 unspecified atom stereocenters. The summed E-state index contributed by atoms with van der Waals surface area (Å²) in [4.78, 5) is 0. The fourth-order valence-corrected chi connectivity index (χ4v) is 3.21. The summed E-state index contributed by atoms with van der Waals surface area (Å²) in [5, 5.41) is 0. The van der Waals surface area contributed by atoms with Crippen LogP contribution in [0.3, 0.4) is 0 Å². The Morgan fingerprint density at radius 1 is 0.757 bits per heavy atom.